The number of pyridine rings is 1. The molecule has 3 N–H and O–H groups in total. The minimum Gasteiger partial charge on any atom is -0.478 e. The summed E-state index contributed by atoms with van der Waals surface area (Å²) in [4.78, 5) is 15.6. The van der Waals surface area contributed by atoms with Crippen molar-refractivity contribution in [1.82, 2.24) is 14.8 Å². The van der Waals surface area contributed by atoms with Crippen LogP contribution in [0.2, 0.25) is 0 Å². The molecule has 0 aliphatic heterocycles. The van der Waals surface area contributed by atoms with Crippen LogP contribution in [0.5, 0.6) is 0 Å². The van der Waals surface area contributed by atoms with Gasteiger partial charge >= 0.3 is 5.97 Å². The highest BCUT2D eigenvalue weighted by Crippen LogP contribution is 2.36. The molecule has 7 nitrogen and oxygen atoms in total. The number of hydrogen-bond donors (Lipinski definition) is 3. The third-order valence-electron chi connectivity index (χ3n) is 4.25. The van der Waals surface area contributed by atoms with Crippen LogP contribution in [0.25, 0.3) is 11.0 Å². The molecule has 0 saturated heterocycles. The van der Waals surface area contributed by atoms with Gasteiger partial charge in [-0.25, -0.2) is 9.78 Å². The van der Waals surface area contributed by atoms with Crippen LogP contribution >= 0.6 is 0 Å². The summed E-state index contributed by atoms with van der Waals surface area (Å²) in [6.07, 6.45) is 6.65. The van der Waals surface area contributed by atoms with Gasteiger partial charge in [0.15, 0.2) is 5.65 Å². The zero-order valence-electron chi connectivity index (χ0n) is 11.8. The summed E-state index contributed by atoms with van der Waals surface area (Å²) in [7, 11) is 1.76. The number of hydrogen-bond acceptors (Lipinski definition) is 5. The van der Waals surface area contributed by atoms with Gasteiger partial charge in [0, 0.05) is 13.2 Å². The molecule has 1 saturated carbocycles. The van der Waals surface area contributed by atoms with Crippen LogP contribution in [0.3, 0.4) is 0 Å². The number of carboxylic acids is 1. The van der Waals surface area contributed by atoms with Crippen LogP contribution in [-0.2, 0) is 7.05 Å². The van der Waals surface area contributed by atoms with E-state index in [1.54, 1.807) is 17.9 Å². The molecule has 0 bridgehead atoms. The minimum absolute atomic E-state index is 0.0177. The van der Waals surface area contributed by atoms with E-state index in [0.29, 0.717) is 16.7 Å². The molecule has 0 amide bonds. The lowest BCUT2D eigenvalue weighted by Gasteiger charge is -2.30. The summed E-state index contributed by atoms with van der Waals surface area (Å²) in [6, 6.07) is 0. The maximum absolute atomic E-state index is 11.5. The van der Waals surface area contributed by atoms with Crippen LogP contribution in [0.4, 0.5) is 5.69 Å². The van der Waals surface area contributed by atoms with Gasteiger partial charge < -0.3 is 15.5 Å². The lowest BCUT2D eigenvalue weighted by Crippen LogP contribution is -2.39. The number of carbonyl (C=O) groups is 1. The van der Waals surface area contributed by atoms with E-state index in [9.17, 15) is 15.0 Å². The maximum atomic E-state index is 11.5. The smallest absolute Gasteiger partial charge is 0.339 e. The molecule has 112 valence electrons. The molecule has 0 unspecified atom stereocenters. The first-order valence-electron chi connectivity index (χ1n) is 6.99. The third-order valence-corrected chi connectivity index (χ3v) is 4.25. The Morgan fingerprint density at radius 3 is 2.76 bits per heavy atom. The summed E-state index contributed by atoms with van der Waals surface area (Å²) in [5, 5.41) is 27.2. The highest BCUT2D eigenvalue weighted by Gasteiger charge is 2.34. The van der Waals surface area contributed by atoms with Crippen LogP contribution in [0.1, 0.15) is 36.0 Å². The van der Waals surface area contributed by atoms with Gasteiger partial charge in [0.25, 0.3) is 0 Å². The fourth-order valence-corrected chi connectivity index (χ4v) is 3.03. The number of nitrogens with one attached hydrogen (secondary N) is 1. The summed E-state index contributed by atoms with van der Waals surface area (Å²) < 4.78 is 1.60. The van der Waals surface area contributed by atoms with Gasteiger partial charge in [-0.1, -0.05) is 12.8 Å². The minimum atomic E-state index is -1.04. The van der Waals surface area contributed by atoms with Gasteiger partial charge in [-0.3, -0.25) is 4.68 Å². The molecule has 1 aliphatic carbocycles. The van der Waals surface area contributed by atoms with Crippen molar-refractivity contribution >= 4 is 22.7 Å². The zero-order chi connectivity index (χ0) is 15.0. The molecule has 3 rings (SSSR count). The van der Waals surface area contributed by atoms with Crippen LogP contribution in [0.15, 0.2) is 12.4 Å². The quantitative estimate of drug-likeness (QED) is 0.786. The van der Waals surface area contributed by atoms with Gasteiger partial charge in [0.05, 0.1) is 29.4 Å². The number of fused-ring (bicyclic) bond motifs is 1. The zero-order valence-corrected chi connectivity index (χ0v) is 11.8. The lowest BCUT2D eigenvalue weighted by molar-refractivity contribution is 0.0697. The van der Waals surface area contributed by atoms with Gasteiger partial charge in [-0.05, 0) is 12.8 Å². The van der Waals surface area contributed by atoms with Crippen molar-refractivity contribution in [3.63, 3.8) is 0 Å². The van der Waals surface area contributed by atoms with Crippen molar-refractivity contribution in [2.75, 3.05) is 11.9 Å². The number of anilines is 1. The molecule has 1 aliphatic rings. The molecule has 7 heteroatoms. The standard InChI is InChI=1S/C14H18N4O3/c1-18-12-9(7-16-18)11(10(6-15-12)13(20)21)17-14(8-19)4-2-3-5-14/h6-7,19H,2-5,8H2,1H3,(H,15,17)(H,20,21). The number of rotatable bonds is 4. The number of aromatic nitrogens is 3. The van der Waals surface area contributed by atoms with Crippen molar-refractivity contribution in [3.8, 4) is 0 Å². The molecule has 1 fully saturated rings. The summed E-state index contributed by atoms with van der Waals surface area (Å²) in [5.74, 6) is -1.04. The normalized spacial score (nSPS) is 17.2. The van der Waals surface area contributed by atoms with Crippen molar-refractivity contribution in [2.45, 2.75) is 31.2 Å². The van der Waals surface area contributed by atoms with Crippen molar-refractivity contribution in [2.24, 2.45) is 7.05 Å². The second-order valence-electron chi connectivity index (χ2n) is 5.63. The van der Waals surface area contributed by atoms with Gasteiger partial charge in [0.1, 0.15) is 5.56 Å². The van der Waals surface area contributed by atoms with E-state index in [0.717, 1.165) is 25.7 Å². The molecule has 2 aromatic heterocycles. The number of aryl methyl sites for hydroxylation is 1. The molecule has 2 aromatic rings. The van der Waals surface area contributed by atoms with E-state index < -0.39 is 11.5 Å². The molecule has 0 radical (unpaired) electrons. The van der Waals surface area contributed by atoms with Crippen molar-refractivity contribution in [3.05, 3.63) is 18.0 Å². The molecule has 0 atom stereocenters. The predicted molar refractivity (Wildman–Crippen MR) is 77.4 cm³/mol. The Bertz CT molecular complexity index is 689. The predicted octanol–water partition coefficient (Wildman–Crippen LogP) is 1.38. The number of aliphatic hydroxyl groups is 1. The first-order valence-corrected chi connectivity index (χ1v) is 6.99. The Hall–Kier alpha value is -2.15. The average molecular weight is 290 g/mol. The second-order valence-corrected chi connectivity index (χ2v) is 5.63. The van der Waals surface area contributed by atoms with Crippen LogP contribution < -0.4 is 5.32 Å². The Kier molecular flexibility index (Phi) is 3.29. The third kappa shape index (κ3) is 2.23. The first-order chi connectivity index (χ1) is 10.1. The van der Waals surface area contributed by atoms with E-state index in [-0.39, 0.29) is 12.2 Å². The highest BCUT2D eigenvalue weighted by molar-refractivity contribution is 6.03. The molecule has 0 spiro atoms. The number of carboxylic acid groups (broad SMARTS) is 1. The molecule has 21 heavy (non-hydrogen) atoms. The van der Waals surface area contributed by atoms with Crippen LogP contribution in [0, 0.1) is 0 Å². The van der Waals surface area contributed by atoms with E-state index in [1.807, 2.05) is 0 Å². The summed E-state index contributed by atoms with van der Waals surface area (Å²) in [6.45, 7) is -0.0177. The van der Waals surface area contributed by atoms with Gasteiger partial charge in [-0.15, -0.1) is 0 Å². The Labute approximate surface area is 121 Å². The maximum Gasteiger partial charge on any atom is 0.339 e. The van der Waals surface area contributed by atoms with Crippen molar-refractivity contribution in [1.29, 1.82) is 0 Å². The number of nitrogens with zero attached hydrogens (tertiary/aromatic N) is 3. The monoisotopic (exact) mass is 290 g/mol. The fraction of sp³-hybridized carbons (Fsp3) is 0.500. The second kappa shape index (κ2) is 5.00. The van der Waals surface area contributed by atoms with E-state index >= 15 is 0 Å². The number of aromatic carboxylic acids is 1. The van der Waals surface area contributed by atoms with E-state index in [2.05, 4.69) is 15.4 Å². The highest BCUT2D eigenvalue weighted by atomic mass is 16.4. The van der Waals surface area contributed by atoms with Gasteiger partial charge in [0.2, 0.25) is 0 Å². The average Bonchev–Trinajstić information content (AvgIpc) is 3.07. The molecular formula is C14H18N4O3. The summed E-state index contributed by atoms with van der Waals surface area (Å²) in [5.41, 5.74) is 0.772. The lowest BCUT2D eigenvalue weighted by atomic mass is 9.97. The Morgan fingerprint density at radius 2 is 2.14 bits per heavy atom. The van der Waals surface area contributed by atoms with E-state index in [4.69, 9.17) is 0 Å². The molecule has 0 aromatic carbocycles. The first kappa shape index (κ1) is 13.8. The fourth-order valence-electron chi connectivity index (χ4n) is 3.03. The molecule has 2 heterocycles. The Morgan fingerprint density at radius 1 is 1.43 bits per heavy atom. The number of aliphatic hydroxyl groups excluding tert-OH is 1. The van der Waals surface area contributed by atoms with Gasteiger partial charge in [-0.2, -0.15) is 5.10 Å². The molecular weight excluding hydrogens is 272 g/mol. The topological polar surface area (TPSA) is 100 Å². The SMILES string of the molecule is Cn1ncc2c(NC3(CO)CCCC3)c(C(=O)O)cnc21. The Balaban J connectivity index is 2.14. The largest absolute Gasteiger partial charge is 0.478 e. The summed E-state index contributed by atoms with van der Waals surface area (Å²) >= 11 is 0. The van der Waals surface area contributed by atoms with Crippen LogP contribution in [-0.4, -0.2) is 43.1 Å². The van der Waals surface area contributed by atoms with E-state index in [1.165, 1.54) is 6.20 Å². The van der Waals surface area contributed by atoms with Crippen molar-refractivity contribution < 1.29 is 15.0 Å².